The zero-order valence-electron chi connectivity index (χ0n) is 12.7. The van der Waals surface area contributed by atoms with Crippen LogP contribution in [0.25, 0.3) is 0 Å². The van der Waals surface area contributed by atoms with Crippen molar-refractivity contribution in [1.29, 1.82) is 0 Å². The van der Waals surface area contributed by atoms with Gasteiger partial charge in [-0.1, -0.05) is 12.8 Å². The highest BCUT2D eigenvalue weighted by molar-refractivity contribution is 7.80. The molecule has 0 amide bonds. The molecule has 2 aromatic rings. The Labute approximate surface area is 140 Å². The van der Waals surface area contributed by atoms with Crippen LogP contribution < -0.4 is 16.6 Å². The van der Waals surface area contributed by atoms with Gasteiger partial charge >= 0.3 is 0 Å². The minimum absolute atomic E-state index is 0.208. The molecule has 1 aromatic heterocycles. The fraction of sp³-hybridized carbons (Fsp3) is 0.294. The maximum absolute atomic E-state index is 12.2. The van der Waals surface area contributed by atoms with Crippen LogP contribution in [0.5, 0.6) is 0 Å². The number of aromatic amines is 1. The Morgan fingerprint density at radius 2 is 1.91 bits per heavy atom. The van der Waals surface area contributed by atoms with Crippen molar-refractivity contribution in [3.63, 3.8) is 0 Å². The highest BCUT2D eigenvalue weighted by Crippen LogP contribution is 2.23. The van der Waals surface area contributed by atoms with Crippen molar-refractivity contribution in [2.45, 2.75) is 36.6 Å². The van der Waals surface area contributed by atoms with E-state index < -0.39 is 0 Å². The molecule has 1 aliphatic rings. The Hall–Kier alpha value is -2.21. The van der Waals surface area contributed by atoms with Gasteiger partial charge in [-0.25, -0.2) is 4.99 Å². The van der Waals surface area contributed by atoms with Gasteiger partial charge in [-0.3, -0.25) is 4.79 Å². The summed E-state index contributed by atoms with van der Waals surface area (Å²) in [7, 11) is 0. The van der Waals surface area contributed by atoms with Crippen molar-refractivity contribution >= 4 is 29.8 Å². The Morgan fingerprint density at radius 1 is 1.22 bits per heavy atom. The average Bonchev–Trinajstić information content (AvgIpc) is 3.02. The Morgan fingerprint density at radius 3 is 2.61 bits per heavy atom. The predicted molar refractivity (Wildman–Crippen MR) is 97.0 cm³/mol. The number of benzene rings is 1. The van der Waals surface area contributed by atoms with Gasteiger partial charge in [0.25, 0.3) is 5.56 Å². The Bertz CT molecular complexity index is 761. The molecule has 0 radical (unpaired) electrons. The molecule has 1 saturated carbocycles. The second kappa shape index (κ2) is 6.91. The zero-order valence-corrected chi connectivity index (χ0v) is 13.6. The lowest BCUT2D eigenvalue weighted by Crippen LogP contribution is -2.28. The topological polar surface area (TPSA) is 83.3 Å². The number of rotatable bonds is 4. The largest absolute Gasteiger partial charge is 0.383 e. The minimum Gasteiger partial charge on any atom is -0.383 e. The zero-order chi connectivity index (χ0) is 16.2. The summed E-state index contributed by atoms with van der Waals surface area (Å²) >= 11 is 4.25. The maximum atomic E-state index is 12.2. The van der Waals surface area contributed by atoms with Crippen LogP contribution >= 0.6 is 12.6 Å². The van der Waals surface area contributed by atoms with Crippen LogP contribution in [0.2, 0.25) is 0 Å². The summed E-state index contributed by atoms with van der Waals surface area (Å²) < 4.78 is 0. The minimum atomic E-state index is -0.236. The van der Waals surface area contributed by atoms with Crippen molar-refractivity contribution in [1.82, 2.24) is 4.98 Å². The first-order valence-electron chi connectivity index (χ1n) is 7.75. The molecule has 0 aliphatic heterocycles. The molecule has 0 atom stereocenters. The van der Waals surface area contributed by atoms with Gasteiger partial charge in [-0.2, -0.15) is 0 Å². The number of amidine groups is 1. The lowest BCUT2D eigenvalue weighted by Gasteiger charge is -2.16. The van der Waals surface area contributed by atoms with Crippen LogP contribution in [0.15, 0.2) is 51.2 Å². The van der Waals surface area contributed by atoms with Gasteiger partial charge in [0.05, 0.1) is 11.4 Å². The fourth-order valence-electron chi connectivity index (χ4n) is 2.87. The van der Waals surface area contributed by atoms with E-state index in [4.69, 9.17) is 5.73 Å². The van der Waals surface area contributed by atoms with E-state index in [-0.39, 0.29) is 11.4 Å². The molecule has 0 unspecified atom stereocenters. The Balaban J connectivity index is 1.93. The molecule has 3 rings (SSSR count). The number of pyridine rings is 1. The molecule has 0 saturated heterocycles. The quantitative estimate of drug-likeness (QED) is 0.395. The number of nitrogens with two attached hydrogens (primary N) is 1. The van der Waals surface area contributed by atoms with E-state index in [1.165, 1.54) is 12.8 Å². The van der Waals surface area contributed by atoms with Gasteiger partial charge < -0.3 is 16.0 Å². The summed E-state index contributed by atoms with van der Waals surface area (Å²) in [5, 5.41) is 3.43. The lowest BCUT2D eigenvalue weighted by atomic mass is 10.1. The number of H-pyrrole nitrogens is 1. The summed E-state index contributed by atoms with van der Waals surface area (Å²) in [4.78, 5) is 20.1. The molecule has 1 fully saturated rings. The average molecular weight is 328 g/mol. The fourth-order valence-corrected chi connectivity index (χ4v) is 3.01. The van der Waals surface area contributed by atoms with E-state index in [1.54, 1.807) is 6.20 Å². The summed E-state index contributed by atoms with van der Waals surface area (Å²) in [5.74, 6) is 0.208. The first-order chi connectivity index (χ1) is 11.1. The molecular formula is C17H20N4OS. The molecule has 1 aliphatic carbocycles. The van der Waals surface area contributed by atoms with Gasteiger partial charge in [0.15, 0.2) is 0 Å². The van der Waals surface area contributed by atoms with Crippen LogP contribution in [0.4, 0.5) is 11.4 Å². The number of hydrogen-bond donors (Lipinski definition) is 4. The third-order valence-electron chi connectivity index (χ3n) is 4.03. The number of nitrogens with zero attached hydrogens (tertiary/aromatic N) is 1. The number of aliphatic imine (C=N–C) groups is 1. The van der Waals surface area contributed by atoms with E-state index in [2.05, 4.69) is 27.9 Å². The summed E-state index contributed by atoms with van der Waals surface area (Å²) in [6.07, 6.45) is 6.30. The third-order valence-corrected chi connectivity index (χ3v) is 4.33. The lowest BCUT2D eigenvalue weighted by molar-refractivity contribution is 0.754. The molecule has 5 nitrogen and oxygen atoms in total. The second-order valence-corrected chi connectivity index (χ2v) is 6.25. The van der Waals surface area contributed by atoms with Crippen molar-refractivity contribution in [3.8, 4) is 0 Å². The summed E-state index contributed by atoms with van der Waals surface area (Å²) in [5.41, 5.74) is 7.71. The number of aromatic nitrogens is 1. The van der Waals surface area contributed by atoms with E-state index in [1.807, 2.05) is 30.3 Å². The van der Waals surface area contributed by atoms with Crippen molar-refractivity contribution in [2.24, 2.45) is 10.7 Å². The molecule has 0 spiro atoms. The predicted octanol–water partition coefficient (Wildman–Crippen LogP) is 3.06. The van der Waals surface area contributed by atoms with E-state index >= 15 is 0 Å². The maximum Gasteiger partial charge on any atom is 0.261 e. The van der Waals surface area contributed by atoms with Gasteiger partial charge in [0.1, 0.15) is 11.4 Å². The van der Waals surface area contributed by atoms with E-state index in [0.717, 1.165) is 23.4 Å². The van der Waals surface area contributed by atoms with Crippen LogP contribution in [-0.2, 0) is 0 Å². The first kappa shape index (κ1) is 15.7. The molecule has 23 heavy (non-hydrogen) atoms. The first-order valence-corrected chi connectivity index (χ1v) is 8.20. The number of nitrogens with one attached hydrogen (secondary N) is 2. The molecule has 1 heterocycles. The van der Waals surface area contributed by atoms with Crippen LogP contribution in [0.1, 0.15) is 31.2 Å². The van der Waals surface area contributed by atoms with Gasteiger partial charge in [0, 0.05) is 17.1 Å². The molecular weight excluding hydrogens is 308 g/mol. The van der Waals surface area contributed by atoms with Crippen molar-refractivity contribution in [3.05, 3.63) is 52.4 Å². The van der Waals surface area contributed by atoms with E-state index in [9.17, 15) is 4.79 Å². The standard InChI is InChI=1S/C17H20N4OS/c18-16(21-12-5-7-13(23)8-6-12)15-14(9-10-19-17(15)22)20-11-3-1-2-4-11/h5-11,23H,1-4H2,(H2,18,21)(H2,19,20,22). The normalized spacial score (nSPS) is 15.8. The van der Waals surface area contributed by atoms with Gasteiger partial charge in [-0.15, -0.1) is 12.6 Å². The number of anilines is 1. The number of hydrogen-bond acceptors (Lipinski definition) is 4. The van der Waals surface area contributed by atoms with Crippen molar-refractivity contribution in [2.75, 3.05) is 5.32 Å². The third kappa shape index (κ3) is 3.76. The van der Waals surface area contributed by atoms with Gasteiger partial charge in [0.2, 0.25) is 0 Å². The molecule has 0 bridgehead atoms. The highest BCUT2D eigenvalue weighted by atomic mass is 32.1. The van der Waals surface area contributed by atoms with Crippen LogP contribution in [0, 0.1) is 0 Å². The highest BCUT2D eigenvalue weighted by Gasteiger charge is 2.18. The second-order valence-electron chi connectivity index (χ2n) is 5.73. The monoisotopic (exact) mass is 328 g/mol. The van der Waals surface area contributed by atoms with Crippen LogP contribution in [-0.4, -0.2) is 16.9 Å². The van der Waals surface area contributed by atoms with Crippen molar-refractivity contribution < 1.29 is 0 Å². The number of thiol groups is 1. The van der Waals surface area contributed by atoms with Gasteiger partial charge in [-0.05, 0) is 43.2 Å². The molecule has 120 valence electrons. The summed E-state index contributed by atoms with van der Waals surface area (Å²) in [6, 6.07) is 9.54. The molecule has 6 heteroatoms. The van der Waals surface area contributed by atoms with E-state index in [0.29, 0.717) is 17.3 Å². The summed E-state index contributed by atoms with van der Waals surface area (Å²) in [6.45, 7) is 0. The molecule has 4 N–H and O–H groups in total. The Kier molecular flexibility index (Phi) is 4.71. The molecule has 1 aromatic carbocycles. The van der Waals surface area contributed by atoms with Crippen LogP contribution in [0.3, 0.4) is 0 Å². The smallest absolute Gasteiger partial charge is 0.261 e. The SMILES string of the molecule is NC(=Nc1ccc(S)cc1)c1c(NC2CCCC2)cc[nH]c1=O.